The van der Waals surface area contributed by atoms with Crippen LogP contribution in [0.2, 0.25) is 0 Å². The molecular formula is C21H14BrN3O3S. The van der Waals surface area contributed by atoms with Crippen molar-refractivity contribution < 1.29 is 14.6 Å². The number of thiazole rings is 1. The largest absolute Gasteiger partial charge is 0.478 e. The molecule has 4 rings (SSSR count). The van der Waals surface area contributed by atoms with Crippen molar-refractivity contribution >= 4 is 44.7 Å². The SMILES string of the molecule is O=C(O)c1cccc(Nc2cc(Oc3sc(Br)nc3-c3ccccc3)ccn2)c1. The van der Waals surface area contributed by atoms with Gasteiger partial charge in [-0.05, 0) is 40.2 Å². The molecule has 8 heteroatoms. The van der Waals surface area contributed by atoms with Crippen molar-refractivity contribution in [2.24, 2.45) is 0 Å². The van der Waals surface area contributed by atoms with Gasteiger partial charge in [-0.25, -0.2) is 14.8 Å². The molecule has 0 saturated heterocycles. The number of hydrogen-bond acceptors (Lipinski definition) is 6. The van der Waals surface area contributed by atoms with Gasteiger partial charge in [0.15, 0.2) is 3.92 Å². The number of anilines is 2. The van der Waals surface area contributed by atoms with E-state index >= 15 is 0 Å². The summed E-state index contributed by atoms with van der Waals surface area (Å²) in [5.41, 5.74) is 2.54. The Balaban J connectivity index is 1.58. The summed E-state index contributed by atoms with van der Waals surface area (Å²) in [7, 11) is 0. The predicted octanol–water partition coefficient (Wildman–Crippen LogP) is 6.20. The van der Waals surface area contributed by atoms with Crippen LogP contribution in [0.4, 0.5) is 11.5 Å². The highest BCUT2D eigenvalue weighted by molar-refractivity contribution is 9.11. The molecule has 4 aromatic rings. The zero-order valence-corrected chi connectivity index (χ0v) is 17.3. The normalized spacial score (nSPS) is 10.5. The number of ether oxygens (including phenoxy) is 1. The summed E-state index contributed by atoms with van der Waals surface area (Å²) in [5, 5.41) is 12.9. The van der Waals surface area contributed by atoms with Gasteiger partial charge in [0.25, 0.3) is 0 Å². The lowest BCUT2D eigenvalue weighted by molar-refractivity contribution is 0.0697. The van der Waals surface area contributed by atoms with Gasteiger partial charge >= 0.3 is 5.97 Å². The number of halogens is 1. The number of benzene rings is 2. The number of carboxylic acid groups (broad SMARTS) is 1. The molecule has 0 spiro atoms. The minimum absolute atomic E-state index is 0.199. The van der Waals surface area contributed by atoms with E-state index < -0.39 is 5.97 Å². The number of carbonyl (C=O) groups is 1. The van der Waals surface area contributed by atoms with E-state index in [1.165, 1.54) is 17.4 Å². The molecule has 2 heterocycles. The summed E-state index contributed by atoms with van der Waals surface area (Å²) in [6, 6.07) is 19.8. The molecule has 2 aromatic heterocycles. The molecule has 29 heavy (non-hydrogen) atoms. The van der Waals surface area contributed by atoms with Gasteiger partial charge in [-0.2, -0.15) is 0 Å². The first-order valence-electron chi connectivity index (χ1n) is 8.54. The van der Waals surface area contributed by atoms with Gasteiger partial charge in [-0.3, -0.25) is 0 Å². The van der Waals surface area contributed by atoms with E-state index in [1.807, 2.05) is 30.3 Å². The van der Waals surface area contributed by atoms with E-state index in [1.54, 1.807) is 36.5 Å². The molecule has 0 aliphatic carbocycles. The third kappa shape index (κ3) is 4.61. The number of aromatic carboxylic acids is 1. The predicted molar refractivity (Wildman–Crippen MR) is 116 cm³/mol. The van der Waals surface area contributed by atoms with Crippen molar-refractivity contribution in [3.63, 3.8) is 0 Å². The van der Waals surface area contributed by atoms with Crippen molar-refractivity contribution in [2.45, 2.75) is 0 Å². The molecule has 0 amide bonds. The summed E-state index contributed by atoms with van der Waals surface area (Å²) in [6.07, 6.45) is 1.62. The van der Waals surface area contributed by atoms with Crippen LogP contribution in [0.5, 0.6) is 10.8 Å². The standard InChI is InChI=1S/C21H14BrN3O3S/c22-21-25-18(13-5-2-1-3-6-13)20(29-21)28-16-9-10-23-17(12-16)24-15-8-4-7-14(11-15)19(26)27/h1-12H,(H,23,24)(H,26,27). The van der Waals surface area contributed by atoms with E-state index in [0.717, 1.165) is 15.2 Å². The maximum absolute atomic E-state index is 11.1. The molecule has 0 radical (unpaired) electrons. The van der Waals surface area contributed by atoms with Gasteiger partial charge in [0.2, 0.25) is 5.06 Å². The Morgan fingerprint density at radius 2 is 1.90 bits per heavy atom. The fraction of sp³-hybridized carbons (Fsp3) is 0. The van der Waals surface area contributed by atoms with Crippen molar-refractivity contribution in [3.8, 4) is 22.1 Å². The molecule has 0 aliphatic rings. The molecule has 2 N–H and O–H groups in total. The lowest BCUT2D eigenvalue weighted by Gasteiger charge is -2.09. The van der Waals surface area contributed by atoms with Crippen LogP contribution in [-0.4, -0.2) is 21.0 Å². The van der Waals surface area contributed by atoms with Crippen LogP contribution in [0.3, 0.4) is 0 Å². The van der Waals surface area contributed by atoms with E-state index in [-0.39, 0.29) is 5.56 Å². The molecule has 0 atom stereocenters. The van der Waals surface area contributed by atoms with Gasteiger partial charge in [0.1, 0.15) is 17.3 Å². The van der Waals surface area contributed by atoms with Crippen LogP contribution in [0.1, 0.15) is 10.4 Å². The summed E-state index contributed by atoms with van der Waals surface area (Å²) in [5.74, 6) is 0.142. The number of rotatable bonds is 6. The van der Waals surface area contributed by atoms with Crippen molar-refractivity contribution in [2.75, 3.05) is 5.32 Å². The van der Waals surface area contributed by atoms with E-state index in [9.17, 15) is 4.79 Å². The van der Waals surface area contributed by atoms with Crippen LogP contribution in [0.15, 0.2) is 76.8 Å². The maximum Gasteiger partial charge on any atom is 0.335 e. The third-order valence-corrected chi connectivity index (χ3v) is 5.33. The van der Waals surface area contributed by atoms with Gasteiger partial charge in [0.05, 0.1) is 5.56 Å². The molecule has 0 fully saturated rings. The molecule has 2 aromatic carbocycles. The highest BCUT2D eigenvalue weighted by Crippen LogP contribution is 2.40. The quantitative estimate of drug-likeness (QED) is 0.351. The maximum atomic E-state index is 11.1. The Labute approximate surface area is 179 Å². The fourth-order valence-corrected chi connectivity index (χ4v) is 3.96. The second-order valence-electron chi connectivity index (χ2n) is 5.96. The van der Waals surface area contributed by atoms with Crippen molar-refractivity contribution in [1.29, 1.82) is 0 Å². The molecule has 0 bridgehead atoms. The van der Waals surface area contributed by atoms with Crippen LogP contribution < -0.4 is 10.1 Å². The second kappa shape index (κ2) is 8.42. The van der Waals surface area contributed by atoms with E-state index in [2.05, 4.69) is 31.2 Å². The topological polar surface area (TPSA) is 84.3 Å². The smallest absolute Gasteiger partial charge is 0.335 e. The summed E-state index contributed by atoms with van der Waals surface area (Å²) in [4.78, 5) is 19.9. The summed E-state index contributed by atoms with van der Waals surface area (Å²) < 4.78 is 6.80. The van der Waals surface area contributed by atoms with Crippen LogP contribution in [0.25, 0.3) is 11.3 Å². The molecule has 0 aliphatic heterocycles. The Bertz CT molecular complexity index is 1160. The number of pyridine rings is 1. The first kappa shape index (κ1) is 19.1. The Hall–Kier alpha value is -3.23. The number of hydrogen-bond donors (Lipinski definition) is 2. The van der Waals surface area contributed by atoms with Crippen molar-refractivity contribution in [1.82, 2.24) is 9.97 Å². The Kier molecular flexibility index (Phi) is 5.55. The van der Waals surface area contributed by atoms with Gasteiger partial charge < -0.3 is 15.2 Å². The molecular weight excluding hydrogens is 454 g/mol. The van der Waals surface area contributed by atoms with Gasteiger partial charge in [-0.1, -0.05) is 47.7 Å². The highest BCUT2D eigenvalue weighted by atomic mass is 79.9. The lowest BCUT2D eigenvalue weighted by Crippen LogP contribution is -1.99. The van der Waals surface area contributed by atoms with Crippen LogP contribution in [-0.2, 0) is 0 Å². The van der Waals surface area contributed by atoms with E-state index in [0.29, 0.717) is 22.3 Å². The molecule has 0 unspecified atom stereocenters. The summed E-state index contributed by atoms with van der Waals surface area (Å²) in [6.45, 7) is 0. The average Bonchev–Trinajstić information content (AvgIpc) is 3.09. The average molecular weight is 468 g/mol. The number of nitrogens with zero attached hydrogens (tertiary/aromatic N) is 2. The first-order valence-corrected chi connectivity index (χ1v) is 10.2. The second-order valence-corrected chi connectivity index (χ2v) is 8.20. The summed E-state index contributed by atoms with van der Waals surface area (Å²) >= 11 is 4.82. The monoisotopic (exact) mass is 467 g/mol. The van der Waals surface area contributed by atoms with Crippen LogP contribution >= 0.6 is 27.3 Å². The van der Waals surface area contributed by atoms with E-state index in [4.69, 9.17) is 9.84 Å². The third-order valence-electron chi connectivity index (χ3n) is 3.94. The van der Waals surface area contributed by atoms with Crippen molar-refractivity contribution in [3.05, 3.63) is 82.4 Å². The molecule has 144 valence electrons. The first-order chi connectivity index (χ1) is 14.1. The molecule has 6 nitrogen and oxygen atoms in total. The van der Waals surface area contributed by atoms with Crippen LogP contribution in [0, 0.1) is 0 Å². The number of carboxylic acids is 1. The zero-order valence-electron chi connectivity index (χ0n) is 14.9. The zero-order chi connectivity index (χ0) is 20.2. The highest BCUT2D eigenvalue weighted by Gasteiger charge is 2.14. The lowest BCUT2D eigenvalue weighted by atomic mass is 10.2. The number of nitrogens with one attached hydrogen (secondary N) is 1. The Morgan fingerprint density at radius 3 is 2.69 bits per heavy atom. The minimum atomic E-state index is -0.983. The molecule has 0 saturated carbocycles. The number of aromatic nitrogens is 2. The fourth-order valence-electron chi connectivity index (χ4n) is 2.66. The Morgan fingerprint density at radius 1 is 1.07 bits per heavy atom. The van der Waals surface area contributed by atoms with Gasteiger partial charge in [-0.15, -0.1) is 0 Å². The minimum Gasteiger partial charge on any atom is -0.478 e. The van der Waals surface area contributed by atoms with Gasteiger partial charge in [0, 0.05) is 23.5 Å².